The van der Waals surface area contributed by atoms with Crippen LogP contribution < -0.4 is 0 Å². The van der Waals surface area contributed by atoms with E-state index in [9.17, 15) is 4.91 Å². The van der Waals surface area contributed by atoms with Crippen LogP contribution in [0.5, 0.6) is 0 Å². The van der Waals surface area contributed by atoms with Crippen molar-refractivity contribution in [2.45, 2.75) is 13.0 Å². The molecule has 94 valence electrons. The molecule has 0 N–H and O–H groups in total. The highest BCUT2D eigenvalue weighted by atomic mass is 35.5. The van der Waals surface area contributed by atoms with Gasteiger partial charge in [0.2, 0.25) is 6.54 Å². The summed E-state index contributed by atoms with van der Waals surface area (Å²) in [5.41, 5.74) is 3.60. The van der Waals surface area contributed by atoms with Crippen molar-refractivity contribution in [1.29, 1.82) is 0 Å². The average Bonchev–Trinajstić information content (AvgIpc) is 2.30. The molecule has 2 nitrogen and oxygen atoms in total. The molecule has 0 saturated heterocycles. The van der Waals surface area contributed by atoms with E-state index in [-0.39, 0.29) is 12.4 Å². The highest BCUT2D eigenvalue weighted by Gasteiger charge is 2.03. The van der Waals surface area contributed by atoms with Crippen LogP contribution in [0.1, 0.15) is 16.7 Å². The summed E-state index contributed by atoms with van der Waals surface area (Å²) in [6.45, 7) is 0.447. The molecule has 0 aliphatic heterocycles. The van der Waals surface area contributed by atoms with E-state index >= 15 is 0 Å². The zero-order valence-corrected chi connectivity index (χ0v) is 11.2. The second-order valence-corrected chi connectivity index (χ2v) is 4.27. The Kier molecular flexibility index (Phi) is 5.53. The smallest absolute Gasteiger partial charge is 0.147 e. The zero-order valence-electron chi connectivity index (χ0n) is 10.4. The van der Waals surface area contributed by atoms with Crippen molar-refractivity contribution in [1.82, 2.24) is 0 Å². The molecule has 0 aromatic heterocycles. The minimum absolute atomic E-state index is 0. The first kappa shape index (κ1) is 14.4. The molecule has 0 atom stereocenters. The van der Waals surface area contributed by atoms with Gasteiger partial charge in [0, 0.05) is 10.5 Å². The van der Waals surface area contributed by atoms with Crippen LogP contribution in [-0.4, -0.2) is 11.8 Å². The summed E-state index contributed by atoms with van der Waals surface area (Å²) >= 11 is 0. The van der Waals surface area contributed by atoms with Crippen molar-refractivity contribution >= 4 is 12.4 Å². The van der Waals surface area contributed by atoms with Crippen molar-refractivity contribution < 1.29 is 4.76 Å². The molecule has 0 aliphatic carbocycles. The normalized spacial score (nSPS) is 9.61. The third kappa shape index (κ3) is 4.30. The summed E-state index contributed by atoms with van der Waals surface area (Å²) in [5, 5.41) is 0. The van der Waals surface area contributed by atoms with Crippen LogP contribution in [0, 0.1) is 4.91 Å². The van der Waals surface area contributed by atoms with Crippen LogP contribution in [0.4, 0.5) is 0 Å². The van der Waals surface area contributed by atoms with Gasteiger partial charge in [-0.15, -0.1) is 12.4 Å². The Morgan fingerprint density at radius 1 is 0.889 bits per heavy atom. The maximum absolute atomic E-state index is 11.0. The van der Waals surface area contributed by atoms with E-state index in [1.54, 1.807) is 7.05 Å². The number of nitroso groups, excluding NO2 is 1. The van der Waals surface area contributed by atoms with E-state index in [4.69, 9.17) is 0 Å². The summed E-state index contributed by atoms with van der Waals surface area (Å²) < 4.78 is 0.946. The molecule has 3 heteroatoms. The molecule has 0 amide bonds. The molecule has 2 rings (SSSR count). The van der Waals surface area contributed by atoms with Gasteiger partial charge in [0.1, 0.15) is 0 Å². The van der Waals surface area contributed by atoms with Crippen LogP contribution in [0.15, 0.2) is 54.6 Å². The number of hydrogen-bond donors (Lipinski definition) is 0. The van der Waals surface area contributed by atoms with Crippen LogP contribution in [-0.2, 0) is 13.0 Å². The molecule has 0 aliphatic rings. The minimum Gasteiger partial charge on any atom is -0.147 e. The van der Waals surface area contributed by atoms with Gasteiger partial charge >= 0.3 is 0 Å². The third-order valence-electron chi connectivity index (χ3n) is 2.65. The molecule has 2 aromatic rings. The SMILES string of the molecule is C[N+](=O)Cc1cccc(Cc2ccccc2)c1.Cl. The van der Waals surface area contributed by atoms with E-state index < -0.39 is 0 Å². The molecular formula is C15H17ClNO+. The first-order valence-electron chi connectivity index (χ1n) is 5.74. The van der Waals surface area contributed by atoms with Crippen LogP contribution in [0.2, 0.25) is 0 Å². The van der Waals surface area contributed by atoms with Crippen molar-refractivity contribution in [2.75, 3.05) is 7.05 Å². The van der Waals surface area contributed by atoms with E-state index in [2.05, 4.69) is 24.3 Å². The molecule has 18 heavy (non-hydrogen) atoms. The summed E-state index contributed by atoms with van der Waals surface area (Å²) in [6.07, 6.45) is 0.914. The van der Waals surface area contributed by atoms with Crippen LogP contribution in [0.3, 0.4) is 0 Å². The summed E-state index contributed by atoms with van der Waals surface area (Å²) in [7, 11) is 1.55. The Balaban J connectivity index is 0.00000162. The Morgan fingerprint density at radius 2 is 1.50 bits per heavy atom. The van der Waals surface area contributed by atoms with Crippen molar-refractivity contribution in [3.63, 3.8) is 0 Å². The Morgan fingerprint density at radius 3 is 2.17 bits per heavy atom. The molecule has 0 bridgehead atoms. The molecule has 0 radical (unpaired) electrons. The van der Waals surface area contributed by atoms with Gasteiger partial charge in [-0.05, 0) is 28.4 Å². The first-order chi connectivity index (χ1) is 8.24. The monoisotopic (exact) mass is 262 g/mol. The van der Waals surface area contributed by atoms with Gasteiger partial charge in [0.25, 0.3) is 0 Å². The number of halogens is 1. The maximum Gasteiger partial charge on any atom is 0.216 e. The largest absolute Gasteiger partial charge is 0.216 e. The maximum atomic E-state index is 11.0. The fourth-order valence-electron chi connectivity index (χ4n) is 1.93. The standard InChI is InChI=1S/C15H16NO.ClH/c1-16(17)12-15-9-5-8-14(11-15)10-13-6-3-2-4-7-13;/h2-9,11H,10,12H2,1H3;1H/q+1;. The molecule has 0 fully saturated rings. The third-order valence-corrected chi connectivity index (χ3v) is 2.65. The molecule has 0 spiro atoms. The summed E-state index contributed by atoms with van der Waals surface area (Å²) in [6, 6.07) is 18.5. The molecule has 2 aromatic carbocycles. The van der Waals surface area contributed by atoms with Gasteiger partial charge in [-0.2, -0.15) is 0 Å². The second-order valence-electron chi connectivity index (χ2n) is 4.27. The molecular weight excluding hydrogens is 246 g/mol. The van der Waals surface area contributed by atoms with Crippen molar-refractivity contribution in [3.8, 4) is 0 Å². The zero-order chi connectivity index (χ0) is 12.1. The Labute approximate surface area is 114 Å². The van der Waals surface area contributed by atoms with Crippen molar-refractivity contribution in [2.24, 2.45) is 0 Å². The quantitative estimate of drug-likeness (QED) is 0.771. The lowest BCUT2D eigenvalue weighted by Gasteiger charge is -2.03. The van der Waals surface area contributed by atoms with Gasteiger partial charge in [-0.1, -0.05) is 48.5 Å². The van der Waals surface area contributed by atoms with Crippen LogP contribution >= 0.6 is 12.4 Å². The highest BCUT2D eigenvalue weighted by Crippen LogP contribution is 2.11. The van der Waals surface area contributed by atoms with Gasteiger partial charge in [0.05, 0.1) is 0 Å². The minimum atomic E-state index is 0. The number of rotatable bonds is 4. The summed E-state index contributed by atoms with van der Waals surface area (Å²) in [5.74, 6) is 0. The van der Waals surface area contributed by atoms with E-state index in [1.807, 2.05) is 30.3 Å². The van der Waals surface area contributed by atoms with E-state index in [0.29, 0.717) is 6.54 Å². The topological polar surface area (TPSA) is 20.1 Å². The predicted octanol–water partition coefficient (Wildman–Crippen LogP) is 3.61. The lowest BCUT2D eigenvalue weighted by Crippen LogP contribution is -2.00. The summed E-state index contributed by atoms with van der Waals surface area (Å²) in [4.78, 5) is 11.0. The van der Waals surface area contributed by atoms with Gasteiger partial charge < -0.3 is 0 Å². The molecule has 0 heterocycles. The van der Waals surface area contributed by atoms with Crippen LogP contribution in [0.25, 0.3) is 0 Å². The van der Waals surface area contributed by atoms with E-state index in [0.717, 1.165) is 16.7 Å². The van der Waals surface area contributed by atoms with Gasteiger partial charge in [-0.3, -0.25) is 0 Å². The predicted molar refractivity (Wildman–Crippen MR) is 76.2 cm³/mol. The van der Waals surface area contributed by atoms with Gasteiger partial charge in [0.15, 0.2) is 7.05 Å². The Bertz CT molecular complexity index is 511. The van der Waals surface area contributed by atoms with Crippen molar-refractivity contribution in [3.05, 3.63) is 76.2 Å². The number of nitrogens with zero attached hydrogens (tertiary/aromatic N) is 1. The molecule has 0 unspecified atom stereocenters. The lowest BCUT2D eigenvalue weighted by molar-refractivity contribution is -0.535. The highest BCUT2D eigenvalue weighted by molar-refractivity contribution is 5.85. The number of hydrogen-bond acceptors (Lipinski definition) is 1. The number of benzene rings is 2. The fourth-order valence-corrected chi connectivity index (χ4v) is 1.93. The lowest BCUT2D eigenvalue weighted by atomic mass is 10.0. The van der Waals surface area contributed by atoms with E-state index in [1.165, 1.54) is 11.1 Å². The Hall–Kier alpha value is -1.67. The second kappa shape index (κ2) is 6.92. The average molecular weight is 263 g/mol. The fraction of sp³-hybridized carbons (Fsp3) is 0.200. The molecule has 0 saturated carbocycles. The van der Waals surface area contributed by atoms with Gasteiger partial charge in [-0.25, -0.2) is 0 Å². The first-order valence-corrected chi connectivity index (χ1v) is 5.74.